The van der Waals surface area contributed by atoms with Gasteiger partial charge in [0.1, 0.15) is 11.5 Å². The van der Waals surface area contributed by atoms with Crippen LogP contribution >= 0.6 is 11.9 Å². The van der Waals surface area contributed by atoms with Crippen LogP contribution in [0.5, 0.6) is 11.5 Å². The molecule has 0 bridgehead atoms. The van der Waals surface area contributed by atoms with Gasteiger partial charge in [-0.2, -0.15) is 0 Å². The van der Waals surface area contributed by atoms with Crippen molar-refractivity contribution in [3.8, 4) is 11.5 Å². The van der Waals surface area contributed by atoms with E-state index in [1.807, 2.05) is 60.7 Å². The van der Waals surface area contributed by atoms with Gasteiger partial charge in [0.25, 0.3) is 0 Å². The third-order valence-electron chi connectivity index (χ3n) is 3.59. The molecular weight excluding hydrogens is 318 g/mol. The standard InChI is InChI=1S/C20H19NO2S/c1-23-17-13-11-16(12-14-17)15-21(19-9-5-6-10-20(19)22)24-18-7-3-2-4-8-18/h2-14,22H,15H2,1H3. The summed E-state index contributed by atoms with van der Waals surface area (Å²) in [6.45, 7) is 0.668. The smallest absolute Gasteiger partial charge is 0.139 e. The first-order valence-corrected chi connectivity index (χ1v) is 8.45. The number of nitrogens with zero attached hydrogens (tertiary/aromatic N) is 1. The van der Waals surface area contributed by atoms with Crippen molar-refractivity contribution in [2.75, 3.05) is 11.4 Å². The van der Waals surface area contributed by atoms with Crippen LogP contribution in [-0.4, -0.2) is 12.2 Å². The maximum Gasteiger partial charge on any atom is 0.139 e. The molecule has 0 heterocycles. The van der Waals surface area contributed by atoms with Gasteiger partial charge >= 0.3 is 0 Å². The molecular formula is C20H19NO2S. The molecule has 0 fully saturated rings. The molecule has 4 heteroatoms. The van der Waals surface area contributed by atoms with Crippen molar-refractivity contribution in [1.82, 2.24) is 0 Å². The molecule has 0 aliphatic rings. The van der Waals surface area contributed by atoms with E-state index in [-0.39, 0.29) is 5.75 Å². The van der Waals surface area contributed by atoms with Crippen molar-refractivity contribution in [1.29, 1.82) is 0 Å². The molecule has 3 rings (SSSR count). The number of rotatable bonds is 6. The van der Waals surface area contributed by atoms with Gasteiger partial charge < -0.3 is 14.1 Å². The van der Waals surface area contributed by atoms with Crippen LogP contribution in [0.2, 0.25) is 0 Å². The lowest BCUT2D eigenvalue weighted by atomic mass is 10.2. The van der Waals surface area contributed by atoms with Crippen LogP contribution in [0.25, 0.3) is 0 Å². The number of anilines is 1. The van der Waals surface area contributed by atoms with E-state index in [0.717, 1.165) is 21.9 Å². The molecule has 122 valence electrons. The van der Waals surface area contributed by atoms with E-state index in [2.05, 4.69) is 16.4 Å². The largest absolute Gasteiger partial charge is 0.506 e. The summed E-state index contributed by atoms with van der Waals surface area (Å²) in [4.78, 5) is 1.12. The lowest BCUT2D eigenvalue weighted by Gasteiger charge is -2.24. The number of methoxy groups -OCH3 is 1. The minimum atomic E-state index is 0.273. The Labute approximate surface area is 146 Å². The molecule has 0 amide bonds. The van der Waals surface area contributed by atoms with Crippen molar-refractivity contribution in [2.24, 2.45) is 0 Å². The first kappa shape index (κ1) is 16.3. The van der Waals surface area contributed by atoms with Crippen LogP contribution < -0.4 is 9.04 Å². The maximum absolute atomic E-state index is 10.2. The van der Waals surface area contributed by atoms with Crippen LogP contribution in [-0.2, 0) is 6.54 Å². The minimum absolute atomic E-state index is 0.273. The van der Waals surface area contributed by atoms with E-state index in [9.17, 15) is 5.11 Å². The fourth-order valence-electron chi connectivity index (χ4n) is 2.35. The number of para-hydroxylation sites is 2. The van der Waals surface area contributed by atoms with Crippen molar-refractivity contribution in [3.05, 3.63) is 84.4 Å². The zero-order valence-electron chi connectivity index (χ0n) is 13.4. The van der Waals surface area contributed by atoms with Gasteiger partial charge in [0.15, 0.2) is 0 Å². The molecule has 0 saturated heterocycles. The molecule has 0 aliphatic carbocycles. The molecule has 0 radical (unpaired) electrons. The highest BCUT2D eigenvalue weighted by atomic mass is 32.2. The lowest BCUT2D eigenvalue weighted by Crippen LogP contribution is -2.13. The van der Waals surface area contributed by atoms with Crippen molar-refractivity contribution in [3.63, 3.8) is 0 Å². The molecule has 3 aromatic carbocycles. The van der Waals surface area contributed by atoms with E-state index in [0.29, 0.717) is 6.54 Å². The van der Waals surface area contributed by atoms with Crippen molar-refractivity contribution >= 4 is 17.6 Å². The first-order chi connectivity index (χ1) is 11.8. The molecule has 0 aromatic heterocycles. The highest BCUT2D eigenvalue weighted by molar-refractivity contribution is 8.00. The van der Waals surface area contributed by atoms with Gasteiger partial charge in [-0.05, 0) is 53.9 Å². The van der Waals surface area contributed by atoms with Crippen LogP contribution in [0.3, 0.4) is 0 Å². The minimum Gasteiger partial charge on any atom is -0.506 e. The van der Waals surface area contributed by atoms with Crippen LogP contribution in [0.15, 0.2) is 83.8 Å². The van der Waals surface area contributed by atoms with Crippen molar-refractivity contribution in [2.45, 2.75) is 11.4 Å². The van der Waals surface area contributed by atoms with E-state index in [4.69, 9.17) is 4.74 Å². The number of phenolic OH excluding ortho intramolecular Hbond substituents is 1. The molecule has 3 aromatic rings. The fourth-order valence-corrected chi connectivity index (χ4v) is 3.35. The SMILES string of the molecule is COc1ccc(CN(Sc2ccccc2)c2ccccc2O)cc1. The van der Waals surface area contributed by atoms with E-state index in [1.165, 1.54) is 0 Å². The zero-order valence-corrected chi connectivity index (χ0v) is 14.2. The van der Waals surface area contributed by atoms with Gasteiger partial charge in [-0.15, -0.1) is 0 Å². The van der Waals surface area contributed by atoms with E-state index in [1.54, 1.807) is 25.1 Å². The molecule has 24 heavy (non-hydrogen) atoms. The molecule has 0 spiro atoms. The van der Waals surface area contributed by atoms with E-state index >= 15 is 0 Å². The molecule has 1 N–H and O–H groups in total. The summed E-state index contributed by atoms with van der Waals surface area (Å²) in [5.41, 5.74) is 1.93. The topological polar surface area (TPSA) is 32.7 Å². The Balaban J connectivity index is 1.87. The third-order valence-corrected chi connectivity index (χ3v) is 4.62. The summed E-state index contributed by atoms with van der Waals surface area (Å²) >= 11 is 1.60. The van der Waals surface area contributed by atoms with Crippen molar-refractivity contribution < 1.29 is 9.84 Å². The second-order valence-electron chi connectivity index (χ2n) is 5.28. The van der Waals surface area contributed by atoms with Gasteiger partial charge in [0, 0.05) is 4.90 Å². The Morgan fingerprint density at radius 3 is 2.21 bits per heavy atom. The summed E-state index contributed by atoms with van der Waals surface area (Å²) < 4.78 is 7.30. The quantitative estimate of drug-likeness (QED) is 0.633. The summed E-state index contributed by atoms with van der Waals surface area (Å²) in [6.07, 6.45) is 0. The summed E-state index contributed by atoms with van der Waals surface area (Å²) in [5, 5.41) is 10.2. The Kier molecular flexibility index (Phi) is 5.29. The predicted molar refractivity (Wildman–Crippen MR) is 99.6 cm³/mol. The van der Waals surface area contributed by atoms with E-state index < -0.39 is 0 Å². The monoisotopic (exact) mass is 337 g/mol. The number of phenols is 1. The average Bonchev–Trinajstić information content (AvgIpc) is 2.63. The number of hydrogen-bond acceptors (Lipinski definition) is 4. The maximum atomic E-state index is 10.2. The highest BCUT2D eigenvalue weighted by Gasteiger charge is 2.13. The molecule has 0 aliphatic heterocycles. The molecule has 0 unspecified atom stereocenters. The predicted octanol–water partition coefficient (Wildman–Crippen LogP) is 5.11. The van der Waals surface area contributed by atoms with Gasteiger partial charge in [0.2, 0.25) is 0 Å². The Morgan fingerprint density at radius 2 is 1.54 bits per heavy atom. The number of ether oxygens (including phenoxy) is 1. The van der Waals surface area contributed by atoms with Gasteiger partial charge in [-0.3, -0.25) is 0 Å². The van der Waals surface area contributed by atoms with Crippen LogP contribution in [0, 0.1) is 0 Å². The van der Waals surface area contributed by atoms with Gasteiger partial charge in [-0.1, -0.05) is 42.5 Å². The molecule has 0 atom stereocenters. The fraction of sp³-hybridized carbons (Fsp3) is 0.100. The first-order valence-electron chi connectivity index (χ1n) is 7.68. The van der Waals surface area contributed by atoms with Gasteiger partial charge in [-0.25, -0.2) is 0 Å². The average molecular weight is 337 g/mol. The molecule has 0 saturated carbocycles. The zero-order chi connectivity index (χ0) is 16.8. The Hall–Kier alpha value is -2.59. The molecule has 3 nitrogen and oxygen atoms in total. The lowest BCUT2D eigenvalue weighted by molar-refractivity contribution is 0.414. The Morgan fingerprint density at radius 1 is 0.875 bits per heavy atom. The van der Waals surface area contributed by atoms with Crippen LogP contribution in [0.4, 0.5) is 5.69 Å². The van der Waals surface area contributed by atoms with Crippen LogP contribution in [0.1, 0.15) is 5.56 Å². The number of aromatic hydroxyl groups is 1. The second kappa shape index (κ2) is 7.79. The summed E-state index contributed by atoms with van der Waals surface area (Å²) in [6, 6.07) is 25.5. The third kappa shape index (κ3) is 4.03. The Bertz CT molecular complexity index is 775. The summed E-state index contributed by atoms with van der Waals surface area (Å²) in [7, 11) is 1.66. The number of hydrogen-bond donors (Lipinski definition) is 1. The highest BCUT2D eigenvalue weighted by Crippen LogP contribution is 2.36. The van der Waals surface area contributed by atoms with Gasteiger partial charge in [0.05, 0.1) is 19.3 Å². The normalized spacial score (nSPS) is 10.4. The number of benzene rings is 3. The second-order valence-corrected chi connectivity index (χ2v) is 6.37. The summed E-state index contributed by atoms with van der Waals surface area (Å²) in [5.74, 6) is 1.11.